The van der Waals surface area contributed by atoms with Crippen molar-refractivity contribution in [1.29, 1.82) is 0 Å². The van der Waals surface area contributed by atoms with Crippen LogP contribution in [0.1, 0.15) is 36.8 Å². The SMILES string of the molecule is NC1(C(=O)N2CCOC(c3nccs3)C2)CCCC1. The van der Waals surface area contributed by atoms with Crippen LogP contribution in [-0.4, -0.2) is 41.0 Å². The van der Waals surface area contributed by atoms with Crippen molar-refractivity contribution in [3.63, 3.8) is 0 Å². The number of hydrogen-bond acceptors (Lipinski definition) is 5. The molecule has 0 aromatic carbocycles. The van der Waals surface area contributed by atoms with Crippen molar-refractivity contribution in [2.45, 2.75) is 37.3 Å². The molecule has 1 amide bonds. The molecule has 0 bridgehead atoms. The number of amides is 1. The summed E-state index contributed by atoms with van der Waals surface area (Å²) in [6, 6.07) is 0. The minimum atomic E-state index is -0.634. The third-order valence-corrected chi connectivity index (χ3v) is 4.87. The van der Waals surface area contributed by atoms with Gasteiger partial charge in [0.05, 0.1) is 18.7 Å². The monoisotopic (exact) mass is 281 g/mol. The lowest BCUT2D eigenvalue weighted by molar-refractivity contribution is -0.144. The molecule has 2 heterocycles. The average molecular weight is 281 g/mol. The Hall–Kier alpha value is -0.980. The Balaban J connectivity index is 1.69. The topological polar surface area (TPSA) is 68.5 Å². The van der Waals surface area contributed by atoms with Crippen molar-refractivity contribution in [2.75, 3.05) is 19.7 Å². The third-order valence-electron chi connectivity index (χ3n) is 4.00. The van der Waals surface area contributed by atoms with E-state index in [1.165, 1.54) is 0 Å². The van der Waals surface area contributed by atoms with E-state index in [-0.39, 0.29) is 12.0 Å². The lowest BCUT2D eigenvalue weighted by Gasteiger charge is -2.36. The van der Waals surface area contributed by atoms with Gasteiger partial charge in [0.1, 0.15) is 11.1 Å². The molecule has 1 saturated carbocycles. The Morgan fingerprint density at radius 2 is 2.32 bits per heavy atom. The Morgan fingerprint density at radius 1 is 1.53 bits per heavy atom. The number of nitrogens with two attached hydrogens (primary N) is 1. The molecule has 2 N–H and O–H groups in total. The molecule has 1 atom stereocenters. The molecule has 1 aliphatic heterocycles. The molecule has 1 saturated heterocycles. The molecule has 1 aliphatic carbocycles. The molecule has 104 valence electrons. The molecule has 3 rings (SSSR count). The summed E-state index contributed by atoms with van der Waals surface area (Å²) in [7, 11) is 0. The smallest absolute Gasteiger partial charge is 0.242 e. The molecular formula is C13H19N3O2S. The zero-order chi connectivity index (χ0) is 13.3. The highest BCUT2D eigenvalue weighted by Crippen LogP contribution is 2.31. The Kier molecular flexibility index (Phi) is 3.56. The summed E-state index contributed by atoms with van der Waals surface area (Å²) in [4.78, 5) is 18.7. The molecule has 5 nitrogen and oxygen atoms in total. The molecule has 0 spiro atoms. The highest BCUT2D eigenvalue weighted by Gasteiger charge is 2.41. The zero-order valence-corrected chi connectivity index (χ0v) is 11.7. The first kappa shape index (κ1) is 13.0. The van der Waals surface area contributed by atoms with Crippen molar-refractivity contribution in [2.24, 2.45) is 5.73 Å². The molecule has 19 heavy (non-hydrogen) atoms. The minimum Gasteiger partial charge on any atom is -0.367 e. The molecule has 1 unspecified atom stereocenters. The van der Waals surface area contributed by atoms with E-state index in [0.29, 0.717) is 19.7 Å². The maximum atomic E-state index is 12.6. The van der Waals surface area contributed by atoms with Crippen LogP contribution in [0.15, 0.2) is 11.6 Å². The summed E-state index contributed by atoms with van der Waals surface area (Å²) in [6.07, 6.45) is 5.41. The summed E-state index contributed by atoms with van der Waals surface area (Å²) in [6.45, 7) is 1.77. The highest BCUT2D eigenvalue weighted by atomic mass is 32.1. The number of carbonyl (C=O) groups excluding carboxylic acids is 1. The van der Waals surface area contributed by atoms with Crippen LogP contribution in [0.3, 0.4) is 0 Å². The van der Waals surface area contributed by atoms with Gasteiger partial charge in [-0.25, -0.2) is 4.98 Å². The number of rotatable bonds is 2. The Labute approximate surface area is 116 Å². The van der Waals surface area contributed by atoms with Crippen molar-refractivity contribution in [3.8, 4) is 0 Å². The molecule has 0 radical (unpaired) electrons. The van der Waals surface area contributed by atoms with E-state index in [2.05, 4.69) is 4.98 Å². The van der Waals surface area contributed by atoms with Gasteiger partial charge in [0.25, 0.3) is 0 Å². The molecule has 6 heteroatoms. The molecule has 2 fully saturated rings. The fourth-order valence-corrected chi connectivity index (χ4v) is 3.59. The van der Waals surface area contributed by atoms with Crippen molar-refractivity contribution in [1.82, 2.24) is 9.88 Å². The largest absolute Gasteiger partial charge is 0.367 e. The van der Waals surface area contributed by atoms with Gasteiger partial charge in [-0.1, -0.05) is 12.8 Å². The fraction of sp³-hybridized carbons (Fsp3) is 0.692. The van der Waals surface area contributed by atoms with E-state index in [9.17, 15) is 4.79 Å². The van der Waals surface area contributed by atoms with Crippen LogP contribution in [0.5, 0.6) is 0 Å². The Morgan fingerprint density at radius 3 is 3.00 bits per heavy atom. The first-order valence-corrected chi connectivity index (χ1v) is 7.66. The molecule has 1 aromatic heterocycles. The number of nitrogens with zero attached hydrogens (tertiary/aromatic N) is 2. The number of carbonyl (C=O) groups is 1. The first-order chi connectivity index (χ1) is 9.19. The lowest BCUT2D eigenvalue weighted by atomic mass is 9.96. The van der Waals surface area contributed by atoms with E-state index in [4.69, 9.17) is 10.5 Å². The lowest BCUT2D eigenvalue weighted by Crippen LogP contribution is -2.56. The second kappa shape index (κ2) is 5.19. The number of morpholine rings is 1. The maximum absolute atomic E-state index is 12.6. The normalized spacial score (nSPS) is 26.6. The van der Waals surface area contributed by atoms with Crippen LogP contribution in [0.4, 0.5) is 0 Å². The quantitative estimate of drug-likeness (QED) is 0.887. The van der Waals surface area contributed by atoms with Crippen molar-refractivity contribution >= 4 is 17.2 Å². The van der Waals surface area contributed by atoms with Crippen LogP contribution in [0.2, 0.25) is 0 Å². The summed E-state index contributed by atoms with van der Waals surface area (Å²) >= 11 is 1.57. The summed E-state index contributed by atoms with van der Waals surface area (Å²) < 4.78 is 5.71. The van der Waals surface area contributed by atoms with Crippen LogP contribution in [0.25, 0.3) is 0 Å². The first-order valence-electron chi connectivity index (χ1n) is 6.78. The zero-order valence-electron chi connectivity index (χ0n) is 10.9. The van der Waals surface area contributed by atoms with Gasteiger partial charge in [-0.3, -0.25) is 4.79 Å². The van der Waals surface area contributed by atoms with Crippen LogP contribution >= 0.6 is 11.3 Å². The predicted molar refractivity (Wildman–Crippen MR) is 72.8 cm³/mol. The predicted octanol–water partition coefficient (Wildman–Crippen LogP) is 1.31. The Bertz CT molecular complexity index is 443. The van der Waals surface area contributed by atoms with Crippen LogP contribution in [-0.2, 0) is 9.53 Å². The molecule has 2 aliphatic rings. The van der Waals surface area contributed by atoms with Gasteiger partial charge in [0, 0.05) is 18.1 Å². The van der Waals surface area contributed by atoms with E-state index in [0.717, 1.165) is 30.7 Å². The third kappa shape index (κ3) is 2.52. The number of hydrogen-bond donors (Lipinski definition) is 1. The van der Waals surface area contributed by atoms with Gasteiger partial charge >= 0.3 is 0 Å². The average Bonchev–Trinajstić information content (AvgIpc) is 3.10. The minimum absolute atomic E-state index is 0.0925. The van der Waals surface area contributed by atoms with Gasteiger partial charge in [-0.2, -0.15) is 0 Å². The van der Waals surface area contributed by atoms with Crippen molar-refractivity contribution < 1.29 is 9.53 Å². The summed E-state index contributed by atoms with van der Waals surface area (Å²) in [5.74, 6) is 0.0925. The highest BCUT2D eigenvalue weighted by molar-refractivity contribution is 7.09. The summed E-state index contributed by atoms with van der Waals surface area (Å²) in [5, 5.41) is 2.87. The van der Waals surface area contributed by atoms with E-state index >= 15 is 0 Å². The van der Waals surface area contributed by atoms with Crippen LogP contribution in [0, 0.1) is 0 Å². The van der Waals surface area contributed by atoms with E-state index in [1.807, 2.05) is 10.3 Å². The van der Waals surface area contributed by atoms with Gasteiger partial charge in [0.2, 0.25) is 5.91 Å². The molecule has 1 aromatic rings. The second-order valence-corrected chi connectivity index (χ2v) is 6.27. The molecular weight excluding hydrogens is 262 g/mol. The number of ether oxygens (including phenoxy) is 1. The van der Waals surface area contributed by atoms with Crippen molar-refractivity contribution in [3.05, 3.63) is 16.6 Å². The van der Waals surface area contributed by atoms with Gasteiger partial charge in [-0.15, -0.1) is 11.3 Å². The van der Waals surface area contributed by atoms with E-state index < -0.39 is 5.54 Å². The van der Waals surface area contributed by atoms with Gasteiger partial charge in [0.15, 0.2) is 0 Å². The fourth-order valence-electron chi connectivity index (χ4n) is 2.91. The second-order valence-electron chi connectivity index (χ2n) is 5.34. The van der Waals surface area contributed by atoms with Crippen LogP contribution < -0.4 is 5.73 Å². The van der Waals surface area contributed by atoms with Gasteiger partial charge in [-0.05, 0) is 12.8 Å². The van der Waals surface area contributed by atoms with E-state index in [1.54, 1.807) is 17.5 Å². The standard InChI is InChI=1S/C13H19N3O2S/c14-13(3-1-2-4-13)12(17)16-6-7-18-10(9-16)11-15-5-8-19-11/h5,8,10H,1-4,6-7,9,14H2. The number of thiazole rings is 1. The number of aromatic nitrogens is 1. The van der Waals surface area contributed by atoms with Gasteiger partial charge < -0.3 is 15.4 Å². The maximum Gasteiger partial charge on any atom is 0.242 e. The summed E-state index contributed by atoms with van der Waals surface area (Å²) in [5.41, 5.74) is 5.62.